The quantitative estimate of drug-likeness (QED) is 0.196. The van der Waals surface area contributed by atoms with E-state index in [0.717, 1.165) is 61.8 Å². The van der Waals surface area contributed by atoms with Crippen molar-refractivity contribution in [2.75, 3.05) is 0 Å². The van der Waals surface area contributed by atoms with Gasteiger partial charge in [-0.15, -0.1) is 0 Å². The first-order valence-electron chi connectivity index (χ1n) is 14.2. The van der Waals surface area contributed by atoms with Crippen molar-refractivity contribution in [1.82, 2.24) is 4.57 Å². The van der Waals surface area contributed by atoms with Crippen LogP contribution >= 0.6 is 0 Å². The first kappa shape index (κ1) is 24.5. The second-order valence-corrected chi connectivity index (χ2v) is 10.7. The van der Waals surface area contributed by atoms with Gasteiger partial charge in [0.05, 0.1) is 17.1 Å². The van der Waals surface area contributed by atoms with Gasteiger partial charge in [-0.2, -0.15) is 0 Å². The maximum absolute atomic E-state index is 6.62. The van der Waals surface area contributed by atoms with Gasteiger partial charge in [-0.05, 0) is 47.9 Å². The van der Waals surface area contributed by atoms with Gasteiger partial charge in [0.2, 0.25) is 0 Å². The van der Waals surface area contributed by atoms with Gasteiger partial charge in [0.15, 0.2) is 0 Å². The Morgan fingerprint density at radius 3 is 1.79 bits per heavy atom. The maximum Gasteiger partial charge on any atom is 0.758 e. The summed E-state index contributed by atoms with van der Waals surface area (Å²) in [4.78, 5) is 5.10. The van der Waals surface area contributed by atoms with Gasteiger partial charge in [-0.25, -0.2) is 0 Å². The molecule has 0 radical (unpaired) electrons. The molecular weight excluding hydrogens is 515 g/mol. The molecule has 8 rings (SSSR count). The highest BCUT2D eigenvalue weighted by Gasteiger charge is 2.35. The lowest BCUT2D eigenvalue weighted by atomic mass is 9.86. The third-order valence-corrected chi connectivity index (χ3v) is 8.34. The largest absolute Gasteiger partial charge is 0.758 e. The van der Waals surface area contributed by atoms with Gasteiger partial charge in [-0.3, -0.25) is 4.90 Å². The van der Waals surface area contributed by atoms with Crippen molar-refractivity contribution in [3.05, 3.63) is 155 Å². The summed E-state index contributed by atoms with van der Waals surface area (Å²) in [6, 6.07) is 44.1. The molecule has 5 heteroatoms. The molecule has 200 valence electrons. The molecule has 0 spiro atoms. The van der Waals surface area contributed by atoms with E-state index < -0.39 is 7.25 Å². The zero-order valence-electron chi connectivity index (χ0n) is 23.4. The van der Waals surface area contributed by atoms with Crippen LogP contribution in [-0.4, -0.2) is 17.5 Å². The predicted octanol–water partition coefficient (Wildman–Crippen LogP) is 8.43. The van der Waals surface area contributed by atoms with Crippen molar-refractivity contribution in [3.8, 4) is 22.8 Å². The van der Waals surface area contributed by atoms with Crippen LogP contribution in [0.1, 0.15) is 34.9 Å². The Kier molecular flexibility index (Phi) is 5.64. The molecule has 4 bridgehead atoms. The fourth-order valence-corrected chi connectivity index (χ4v) is 6.50. The highest BCUT2D eigenvalue weighted by molar-refractivity contribution is 6.50. The van der Waals surface area contributed by atoms with E-state index in [0.29, 0.717) is 0 Å². The summed E-state index contributed by atoms with van der Waals surface area (Å²) >= 11 is 0. The molecule has 4 nitrogen and oxygen atoms in total. The lowest BCUT2D eigenvalue weighted by Gasteiger charge is -2.24. The molecule has 5 aromatic carbocycles. The normalized spacial score (nSPS) is 15.6. The third-order valence-electron chi connectivity index (χ3n) is 8.34. The Balaban J connectivity index is 1.56. The standard InChI is InChI=1S/C37H27BN2O2/c1-24-26-16-6-7-17-27(26)35-30-20-10-12-22-32(30)41-38(39-35)42-33-23-13-11-21-31(33)36-28-18-8-9-19-29(28)37(40(36)2)34(24)25-14-4-3-5-15-25/h3-23H,1-2H3/b34-24+. The van der Waals surface area contributed by atoms with E-state index >= 15 is 0 Å². The van der Waals surface area contributed by atoms with Crippen molar-refractivity contribution >= 4 is 34.9 Å². The smallest absolute Gasteiger partial charge is 0.505 e. The van der Waals surface area contributed by atoms with E-state index in [1.54, 1.807) is 0 Å². The second-order valence-electron chi connectivity index (χ2n) is 10.7. The van der Waals surface area contributed by atoms with Gasteiger partial charge in [0.1, 0.15) is 11.5 Å². The molecule has 0 fully saturated rings. The molecule has 0 N–H and O–H groups in total. The van der Waals surface area contributed by atoms with Crippen molar-refractivity contribution in [2.24, 2.45) is 12.0 Å². The van der Waals surface area contributed by atoms with E-state index in [2.05, 4.69) is 116 Å². The summed E-state index contributed by atoms with van der Waals surface area (Å²) in [5.41, 5.74) is 10.7. The number of nitrogens with zero attached hydrogens (tertiary/aromatic N) is 2. The van der Waals surface area contributed by atoms with Crippen LogP contribution in [0.5, 0.6) is 11.5 Å². The highest BCUT2D eigenvalue weighted by Crippen LogP contribution is 2.45. The van der Waals surface area contributed by atoms with Crippen LogP contribution in [0.3, 0.4) is 0 Å². The topological polar surface area (TPSA) is 35.8 Å². The highest BCUT2D eigenvalue weighted by atomic mass is 16.6. The minimum atomic E-state index is -0.839. The molecule has 1 aromatic heterocycles. The fourth-order valence-electron chi connectivity index (χ4n) is 6.50. The van der Waals surface area contributed by atoms with Crippen LogP contribution in [-0.2, 0) is 7.05 Å². The number of aromatic nitrogens is 1. The second kappa shape index (κ2) is 9.67. The Labute approximate surface area is 245 Å². The summed E-state index contributed by atoms with van der Waals surface area (Å²) in [7, 11) is 1.32. The SMILES string of the molecule is C/C1=C(/c2ccccc2)c2c3ccccc3c(n2C)-c2ccccc2OB2N=C(c3ccccc3O2)c2ccccc21. The molecular formula is C37H27BN2O2. The molecule has 0 saturated carbocycles. The van der Waals surface area contributed by atoms with Crippen LogP contribution in [0, 0.1) is 0 Å². The summed E-state index contributed by atoms with van der Waals surface area (Å²) in [6.07, 6.45) is 0. The van der Waals surface area contributed by atoms with Crippen LogP contribution in [0.15, 0.2) is 132 Å². The van der Waals surface area contributed by atoms with Gasteiger partial charge in [0.25, 0.3) is 0 Å². The van der Waals surface area contributed by atoms with Crippen molar-refractivity contribution < 1.29 is 9.31 Å². The molecule has 0 aliphatic carbocycles. The van der Waals surface area contributed by atoms with Crippen molar-refractivity contribution in [3.63, 3.8) is 0 Å². The molecule has 42 heavy (non-hydrogen) atoms. The van der Waals surface area contributed by atoms with E-state index in [9.17, 15) is 0 Å². The summed E-state index contributed by atoms with van der Waals surface area (Å²) < 4.78 is 15.3. The lowest BCUT2D eigenvalue weighted by molar-refractivity contribution is 0.422. The zero-order chi connectivity index (χ0) is 28.2. The molecule has 0 amide bonds. The van der Waals surface area contributed by atoms with Crippen LogP contribution in [0.4, 0.5) is 0 Å². The van der Waals surface area contributed by atoms with Gasteiger partial charge < -0.3 is 13.9 Å². The van der Waals surface area contributed by atoms with Crippen LogP contribution in [0.25, 0.3) is 33.2 Å². The maximum atomic E-state index is 6.62. The Bertz CT molecular complexity index is 2070. The summed E-state index contributed by atoms with van der Waals surface area (Å²) in [6.45, 7) is 2.23. The first-order chi connectivity index (χ1) is 20.7. The minimum Gasteiger partial charge on any atom is -0.505 e. The van der Waals surface area contributed by atoms with E-state index in [1.165, 1.54) is 16.5 Å². The number of benzene rings is 5. The molecule has 0 atom stereocenters. The Hall–Kier alpha value is -5.29. The fraction of sp³-hybridized carbons (Fsp3) is 0.0541. The minimum absolute atomic E-state index is 0.720. The van der Waals surface area contributed by atoms with Crippen molar-refractivity contribution in [2.45, 2.75) is 6.92 Å². The number of hydrogen-bond acceptors (Lipinski definition) is 3. The van der Waals surface area contributed by atoms with Crippen molar-refractivity contribution in [1.29, 1.82) is 0 Å². The summed E-state index contributed by atoms with van der Waals surface area (Å²) in [5, 5.41) is 2.36. The van der Waals surface area contributed by atoms with Crippen LogP contribution < -0.4 is 9.31 Å². The average Bonchev–Trinajstić information content (AvgIpc) is 3.32. The monoisotopic (exact) mass is 542 g/mol. The number of fused-ring (bicyclic) bond motifs is 12. The summed E-state index contributed by atoms with van der Waals surface area (Å²) in [5.74, 6) is 1.47. The molecule has 3 heterocycles. The van der Waals surface area contributed by atoms with E-state index in [-0.39, 0.29) is 0 Å². The molecule has 6 aromatic rings. The van der Waals surface area contributed by atoms with E-state index in [4.69, 9.17) is 14.2 Å². The molecule has 0 unspecified atom stereocenters. The zero-order valence-corrected chi connectivity index (χ0v) is 23.4. The van der Waals surface area contributed by atoms with Gasteiger partial charge >= 0.3 is 7.25 Å². The lowest BCUT2D eigenvalue weighted by Crippen LogP contribution is -2.34. The average molecular weight is 542 g/mol. The Morgan fingerprint density at radius 1 is 0.548 bits per heavy atom. The Morgan fingerprint density at radius 2 is 1.07 bits per heavy atom. The molecule has 2 aliphatic heterocycles. The number of allylic oxidation sites excluding steroid dienone is 1. The van der Waals surface area contributed by atoms with Gasteiger partial charge in [-0.1, -0.05) is 103 Å². The first-order valence-corrected chi connectivity index (χ1v) is 14.2. The third kappa shape index (κ3) is 3.74. The van der Waals surface area contributed by atoms with Gasteiger partial charge in [0, 0.05) is 40.1 Å². The number of para-hydroxylation sites is 2. The molecule has 2 aliphatic rings. The molecule has 0 saturated heterocycles. The van der Waals surface area contributed by atoms with Crippen LogP contribution in [0.2, 0.25) is 0 Å². The predicted molar refractivity (Wildman–Crippen MR) is 172 cm³/mol. The van der Waals surface area contributed by atoms with E-state index in [1.807, 2.05) is 30.3 Å². The number of rotatable bonds is 1. The number of hydrogen-bond donors (Lipinski definition) is 0.